The molecular formula is C11H13NS. The van der Waals surface area contributed by atoms with Gasteiger partial charge in [0.25, 0.3) is 0 Å². The summed E-state index contributed by atoms with van der Waals surface area (Å²) < 4.78 is 5.57. The molecule has 0 saturated heterocycles. The number of aromatic nitrogens is 1. The van der Waals surface area contributed by atoms with Crippen LogP contribution in [0.25, 0.3) is 10.1 Å². The number of fused-ring (bicyclic) bond motifs is 1. The van der Waals surface area contributed by atoms with E-state index >= 15 is 0 Å². The first-order chi connectivity index (χ1) is 6.27. The Morgan fingerprint density at radius 1 is 1.38 bits per heavy atom. The molecule has 0 unspecified atom stereocenters. The van der Waals surface area contributed by atoms with Crippen molar-refractivity contribution in [3.63, 3.8) is 0 Å². The van der Waals surface area contributed by atoms with Crippen molar-refractivity contribution in [1.29, 1.82) is 0 Å². The van der Waals surface area contributed by atoms with Crippen LogP contribution < -0.4 is 0 Å². The van der Waals surface area contributed by atoms with Crippen molar-refractivity contribution < 1.29 is 0 Å². The van der Waals surface area contributed by atoms with E-state index in [0.29, 0.717) is 5.92 Å². The van der Waals surface area contributed by atoms with Crippen LogP contribution in [-0.4, -0.2) is 4.37 Å². The maximum Gasteiger partial charge on any atom is 0.0582 e. The van der Waals surface area contributed by atoms with Gasteiger partial charge in [-0.2, -0.15) is 4.37 Å². The lowest BCUT2D eigenvalue weighted by atomic mass is 10.0. The van der Waals surface area contributed by atoms with Gasteiger partial charge in [-0.05, 0) is 29.4 Å². The zero-order valence-electron chi connectivity index (χ0n) is 7.95. The number of benzene rings is 1. The van der Waals surface area contributed by atoms with Gasteiger partial charge in [0, 0.05) is 11.6 Å². The third kappa shape index (κ3) is 1.73. The average molecular weight is 191 g/mol. The monoisotopic (exact) mass is 191 g/mol. The Kier molecular flexibility index (Phi) is 2.32. The first-order valence-corrected chi connectivity index (χ1v) is 5.37. The molecule has 0 spiro atoms. The molecule has 68 valence electrons. The molecule has 0 bridgehead atoms. The van der Waals surface area contributed by atoms with Gasteiger partial charge in [-0.1, -0.05) is 32.0 Å². The van der Waals surface area contributed by atoms with Crippen LogP contribution in [0.5, 0.6) is 0 Å². The van der Waals surface area contributed by atoms with Crippen LogP contribution in [0, 0.1) is 5.92 Å². The van der Waals surface area contributed by atoms with Gasteiger partial charge >= 0.3 is 0 Å². The van der Waals surface area contributed by atoms with Gasteiger partial charge in [0.2, 0.25) is 0 Å². The maximum absolute atomic E-state index is 4.21. The summed E-state index contributed by atoms with van der Waals surface area (Å²) in [6.07, 6.45) is 3.10. The van der Waals surface area contributed by atoms with Gasteiger partial charge < -0.3 is 0 Å². The standard InChI is InChI=1S/C11H13NS/c1-8(2)6-9-4-3-5-10-7-12-13-11(9)10/h3-5,7-8H,6H2,1-2H3. The van der Waals surface area contributed by atoms with E-state index in [1.807, 2.05) is 6.20 Å². The van der Waals surface area contributed by atoms with Crippen LogP contribution in [0.1, 0.15) is 19.4 Å². The second-order valence-corrected chi connectivity index (χ2v) is 4.56. The third-order valence-corrected chi connectivity index (χ3v) is 2.98. The van der Waals surface area contributed by atoms with Crippen LogP contribution in [0.2, 0.25) is 0 Å². The Morgan fingerprint density at radius 3 is 3.00 bits per heavy atom. The summed E-state index contributed by atoms with van der Waals surface area (Å²) in [7, 11) is 0. The van der Waals surface area contributed by atoms with Crippen LogP contribution in [0.15, 0.2) is 24.4 Å². The molecule has 13 heavy (non-hydrogen) atoms. The predicted molar refractivity (Wildman–Crippen MR) is 58.2 cm³/mol. The summed E-state index contributed by atoms with van der Waals surface area (Å²) in [5.41, 5.74) is 1.44. The molecule has 0 atom stereocenters. The molecule has 0 N–H and O–H groups in total. The van der Waals surface area contributed by atoms with E-state index in [2.05, 4.69) is 36.4 Å². The molecule has 0 aliphatic heterocycles. The quantitative estimate of drug-likeness (QED) is 0.708. The van der Waals surface area contributed by atoms with Crippen molar-refractivity contribution in [3.8, 4) is 0 Å². The van der Waals surface area contributed by atoms with Crippen molar-refractivity contribution in [2.45, 2.75) is 20.3 Å². The second-order valence-electron chi connectivity index (χ2n) is 3.76. The molecule has 0 amide bonds. The Balaban J connectivity index is 2.48. The van der Waals surface area contributed by atoms with E-state index in [9.17, 15) is 0 Å². The van der Waals surface area contributed by atoms with E-state index < -0.39 is 0 Å². The number of hydrogen-bond acceptors (Lipinski definition) is 2. The molecule has 1 heterocycles. The van der Waals surface area contributed by atoms with E-state index in [1.54, 1.807) is 11.5 Å². The lowest BCUT2D eigenvalue weighted by molar-refractivity contribution is 0.650. The molecule has 2 rings (SSSR count). The topological polar surface area (TPSA) is 12.9 Å². The normalized spacial score (nSPS) is 11.3. The molecule has 0 aliphatic carbocycles. The first-order valence-electron chi connectivity index (χ1n) is 4.59. The van der Waals surface area contributed by atoms with Crippen LogP contribution in [0.3, 0.4) is 0 Å². The molecule has 1 aromatic carbocycles. The second kappa shape index (κ2) is 3.46. The molecule has 0 saturated carbocycles. The van der Waals surface area contributed by atoms with Gasteiger partial charge in [-0.15, -0.1) is 0 Å². The van der Waals surface area contributed by atoms with E-state index in [0.717, 1.165) is 6.42 Å². The summed E-state index contributed by atoms with van der Waals surface area (Å²) in [5, 5.41) is 1.28. The molecule has 2 aromatic rings. The highest BCUT2D eigenvalue weighted by Gasteiger charge is 2.04. The summed E-state index contributed by atoms with van der Waals surface area (Å²) >= 11 is 1.61. The minimum absolute atomic E-state index is 0.715. The molecular weight excluding hydrogens is 178 g/mol. The highest BCUT2D eigenvalue weighted by molar-refractivity contribution is 7.13. The Bertz CT molecular complexity index is 403. The smallest absolute Gasteiger partial charge is 0.0582 e. The molecule has 1 nitrogen and oxygen atoms in total. The number of rotatable bonds is 2. The number of nitrogens with zero attached hydrogens (tertiary/aromatic N) is 1. The lowest BCUT2D eigenvalue weighted by Crippen LogP contribution is -1.93. The molecule has 0 fully saturated rings. The van der Waals surface area contributed by atoms with E-state index in [-0.39, 0.29) is 0 Å². The summed E-state index contributed by atoms with van der Waals surface area (Å²) in [4.78, 5) is 0. The zero-order chi connectivity index (χ0) is 9.26. The Morgan fingerprint density at radius 2 is 2.23 bits per heavy atom. The van der Waals surface area contributed by atoms with Crippen molar-refractivity contribution >= 4 is 21.6 Å². The average Bonchev–Trinajstić information content (AvgIpc) is 2.51. The Labute approximate surface area is 82.6 Å². The van der Waals surface area contributed by atoms with Gasteiger partial charge in [0.1, 0.15) is 0 Å². The highest BCUT2D eigenvalue weighted by atomic mass is 32.1. The van der Waals surface area contributed by atoms with Gasteiger partial charge in [0.15, 0.2) is 0 Å². The van der Waals surface area contributed by atoms with Gasteiger partial charge in [-0.25, -0.2) is 0 Å². The molecule has 1 aromatic heterocycles. The first kappa shape index (κ1) is 8.70. The summed E-state index contributed by atoms with van der Waals surface area (Å²) in [6, 6.07) is 6.46. The lowest BCUT2D eigenvalue weighted by Gasteiger charge is -2.04. The van der Waals surface area contributed by atoms with Crippen LogP contribution in [0.4, 0.5) is 0 Å². The largest absolute Gasteiger partial charge is 0.200 e. The van der Waals surface area contributed by atoms with Crippen molar-refractivity contribution in [2.75, 3.05) is 0 Å². The third-order valence-electron chi connectivity index (χ3n) is 2.09. The Hall–Kier alpha value is -0.890. The molecule has 0 radical (unpaired) electrons. The highest BCUT2D eigenvalue weighted by Crippen LogP contribution is 2.24. The minimum atomic E-state index is 0.715. The zero-order valence-corrected chi connectivity index (χ0v) is 8.77. The predicted octanol–water partition coefficient (Wildman–Crippen LogP) is 3.49. The van der Waals surface area contributed by atoms with Gasteiger partial charge in [0.05, 0.1) is 4.70 Å². The van der Waals surface area contributed by atoms with Gasteiger partial charge in [-0.3, -0.25) is 0 Å². The fourth-order valence-corrected chi connectivity index (χ4v) is 2.32. The van der Waals surface area contributed by atoms with E-state index in [4.69, 9.17) is 0 Å². The van der Waals surface area contributed by atoms with Crippen LogP contribution in [-0.2, 0) is 6.42 Å². The molecule has 0 aliphatic rings. The van der Waals surface area contributed by atoms with Crippen molar-refractivity contribution in [2.24, 2.45) is 5.92 Å². The van der Waals surface area contributed by atoms with Crippen molar-refractivity contribution in [1.82, 2.24) is 4.37 Å². The van der Waals surface area contributed by atoms with Crippen LogP contribution >= 0.6 is 11.5 Å². The summed E-state index contributed by atoms with van der Waals surface area (Å²) in [5.74, 6) is 0.715. The van der Waals surface area contributed by atoms with E-state index in [1.165, 1.54) is 15.6 Å². The molecule has 2 heteroatoms. The minimum Gasteiger partial charge on any atom is -0.200 e. The summed E-state index contributed by atoms with van der Waals surface area (Å²) in [6.45, 7) is 4.50. The fourth-order valence-electron chi connectivity index (χ4n) is 1.55. The van der Waals surface area contributed by atoms with Crippen molar-refractivity contribution in [3.05, 3.63) is 30.0 Å². The fraction of sp³-hybridized carbons (Fsp3) is 0.364. The SMILES string of the molecule is CC(C)Cc1cccc2cnsc12. The number of hydrogen-bond donors (Lipinski definition) is 0. The maximum atomic E-state index is 4.21.